The summed E-state index contributed by atoms with van der Waals surface area (Å²) in [7, 11) is 0. The highest BCUT2D eigenvalue weighted by atomic mass is 19.4. The first-order valence-corrected chi connectivity index (χ1v) is 4.81. The summed E-state index contributed by atoms with van der Waals surface area (Å²) in [5.74, 6) is -0.489. The number of alkyl halides is 3. The van der Waals surface area contributed by atoms with Crippen LogP contribution in [0.1, 0.15) is 23.7 Å². The molecule has 0 spiro atoms. The fourth-order valence-electron chi connectivity index (χ4n) is 1.29. The number of rotatable bonds is 3. The molecule has 0 fully saturated rings. The van der Waals surface area contributed by atoms with E-state index in [0.717, 1.165) is 0 Å². The average Bonchev–Trinajstić information content (AvgIpc) is 2.16. The lowest BCUT2D eigenvalue weighted by molar-refractivity contribution is -0.138. The SMILES string of the molecule is CC(CC(F)(F)F)NC(=O)c1ccccc1. The minimum atomic E-state index is -4.26. The number of carbonyl (C=O) groups excluding carboxylic acids is 1. The summed E-state index contributed by atoms with van der Waals surface area (Å²) in [5, 5.41) is 2.29. The van der Waals surface area contributed by atoms with Crippen molar-refractivity contribution >= 4 is 5.91 Å². The molecule has 2 nitrogen and oxygen atoms in total. The highest BCUT2D eigenvalue weighted by Gasteiger charge is 2.30. The van der Waals surface area contributed by atoms with Gasteiger partial charge in [-0.05, 0) is 19.1 Å². The maximum Gasteiger partial charge on any atom is 0.391 e. The van der Waals surface area contributed by atoms with E-state index >= 15 is 0 Å². The molecular weight excluding hydrogens is 219 g/mol. The van der Waals surface area contributed by atoms with E-state index in [1.807, 2.05) is 0 Å². The third-order valence-electron chi connectivity index (χ3n) is 1.95. The van der Waals surface area contributed by atoms with Gasteiger partial charge in [-0.15, -0.1) is 0 Å². The van der Waals surface area contributed by atoms with Crippen molar-refractivity contribution in [1.29, 1.82) is 0 Å². The van der Waals surface area contributed by atoms with Crippen LogP contribution in [-0.2, 0) is 0 Å². The number of carbonyl (C=O) groups is 1. The number of amides is 1. The highest BCUT2D eigenvalue weighted by Crippen LogP contribution is 2.21. The lowest BCUT2D eigenvalue weighted by atomic mass is 10.2. The summed E-state index contributed by atoms with van der Waals surface area (Å²) in [6, 6.07) is 7.22. The van der Waals surface area contributed by atoms with Crippen LogP contribution in [0.25, 0.3) is 0 Å². The Morgan fingerprint density at radius 1 is 1.31 bits per heavy atom. The average molecular weight is 231 g/mol. The summed E-state index contributed by atoms with van der Waals surface area (Å²) in [5.41, 5.74) is 0.358. The molecule has 88 valence electrons. The number of hydrogen-bond acceptors (Lipinski definition) is 1. The van der Waals surface area contributed by atoms with Crippen LogP contribution in [0, 0.1) is 0 Å². The normalized spacial score (nSPS) is 13.2. The van der Waals surface area contributed by atoms with E-state index in [1.54, 1.807) is 30.3 Å². The van der Waals surface area contributed by atoms with Gasteiger partial charge < -0.3 is 5.32 Å². The molecule has 16 heavy (non-hydrogen) atoms. The molecule has 1 aromatic rings. The molecule has 0 saturated heterocycles. The molecule has 1 N–H and O–H groups in total. The first kappa shape index (κ1) is 12.5. The molecule has 1 amide bonds. The number of halogens is 3. The molecule has 0 aliphatic carbocycles. The van der Waals surface area contributed by atoms with Gasteiger partial charge in [-0.3, -0.25) is 4.79 Å². The molecular formula is C11H12F3NO. The van der Waals surface area contributed by atoms with Crippen LogP contribution >= 0.6 is 0 Å². The summed E-state index contributed by atoms with van der Waals surface area (Å²) in [6.07, 6.45) is -5.28. The van der Waals surface area contributed by atoms with Crippen molar-refractivity contribution in [1.82, 2.24) is 5.32 Å². The van der Waals surface area contributed by atoms with E-state index in [-0.39, 0.29) is 0 Å². The van der Waals surface area contributed by atoms with E-state index < -0.39 is 24.5 Å². The monoisotopic (exact) mass is 231 g/mol. The molecule has 0 aliphatic rings. The Labute approximate surface area is 91.5 Å². The predicted octanol–water partition coefficient (Wildman–Crippen LogP) is 2.76. The molecule has 1 rings (SSSR count). The summed E-state index contributed by atoms with van der Waals surface area (Å²) < 4.78 is 36.0. The zero-order chi connectivity index (χ0) is 12.2. The summed E-state index contributed by atoms with van der Waals surface area (Å²) in [6.45, 7) is 1.33. The lowest BCUT2D eigenvalue weighted by Crippen LogP contribution is -2.35. The van der Waals surface area contributed by atoms with Crippen molar-refractivity contribution in [3.63, 3.8) is 0 Å². The van der Waals surface area contributed by atoms with Gasteiger partial charge in [-0.2, -0.15) is 13.2 Å². The van der Waals surface area contributed by atoms with Gasteiger partial charge in [0, 0.05) is 11.6 Å². The standard InChI is InChI=1S/C11H12F3NO/c1-8(7-11(12,13)14)15-10(16)9-5-3-2-4-6-9/h2-6,8H,7H2,1H3,(H,15,16). The third kappa shape index (κ3) is 4.33. The quantitative estimate of drug-likeness (QED) is 0.851. The Hall–Kier alpha value is -1.52. The van der Waals surface area contributed by atoms with Crippen LogP contribution in [-0.4, -0.2) is 18.1 Å². The fourth-order valence-corrected chi connectivity index (χ4v) is 1.29. The van der Waals surface area contributed by atoms with Crippen LogP contribution in [0.5, 0.6) is 0 Å². The molecule has 0 aromatic heterocycles. The Balaban J connectivity index is 2.53. The van der Waals surface area contributed by atoms with Gasteiger partial charge in [0.2, 0.25) is 0 Å². The molecule has 0 aliphatic heterocycles. The lowest BCUT2D eigenvalue weighted by Gasteiger charge is -2.15. The van der Waals surface area contributed by atoms with E-state index in [4.69, 9.17) is 0 Å². The van der Waals surface area contributed by atoms with E-state index in [9.17, 15) is 18.0 Å². The van der Waals surface area contributed by atoms with Crippen molar-refractivity contribution < 1.29 is 18.0 Å². The van der Waals surface area contributed by atoms with Crippen molar-refractivity contribution in [2.24, 2.45) is 0 Å². The minimum absolute atomic E-state index is 0.358. The van der Waals surface area contributed by atoms with Gasteiger partial charge in [0.05, 0.1) is 6.42 Å². The Morgan fingerprint density at radius 2 is 1.88 bits per heavy atom. The predicted molar refractivity (Wildman–Crippen MR) is 54.0 cm³/mol. The second-order valence-corrected chi connectivity index (χ2v) is 3.56. The van der Waals surface area contributed by atoms with Crippen LogP contribution < -0.4 is 5.32 Å². The maximum absolute atomic E-state index is 12.0. The number of nitrogens with one attached hydrogen (secondary N) is 1. The molecule has 1 aromatic carbocycles. The first-order valence-electron chi connectivity index (χ1n) is 4.81. The Kier molecular flexibility index (Phi) is 3.93. The second kappa shape index (κ2) is 5.01. The molecule has 0 bridgehead atoms. The maximum atomic E-state index is 12.0. The van der Waals surface area contributed by atoms with Crippen LogP contribution in [0.3, 0.4) is 0 Å². The minimum Gasteiger partial charge on any atom is -0.349 e. The van der Waals surface area contributed by atoms with Crippen molar-refractivity contribution in [2.75, 3.05) is 0 Å². The van der Waals surface area contributed by atoms with Gasteiger partial charge >= 0.3 is 6.18 Å². The van der Waals surface area contributed by atoms with Crippen LogP contribution in [0.15, 0.2) is 30.3 Å². The van der Waals surface area contributed by atoms with Gasteiger partial charge in [0.15, 0.2) is 0 Å². The second-order valence-electron chi connectivity index (χ2n) is 3.56. The summed E-state index contributed by atoms with van der Waals surface area (Å²) in [4.78, 5) is 11.5. The van der Waals surface area contributed by atoms with E-state index in [1.165, 1.54) is 6.92 Å². The topological polar surface area (TPSA) is 29.1 Å². The smallest absolute Gasteiger partial charge is 0.349 e. The molecule has 1 unspecified atom stereocenters. The number of hydrogen-bond donors (Lipinski definition) is 1. The molecule has 1 atom stereocenters. The van der Waals surface area contributed by atoms with Gasteiger partial charge in [0.25, 0.3) is 5.91 Å². The van der Waals surface area contributed by atoms with Crippen LogP contribution in [0.4, 0.5) is 13.2 Å². The van der Waals surface area contributed by atoms with Gasteiger partial charge in [-0.25, -0.2) is 0 Å². The largest absolute Gasteiger partial charge is 0.391 e. The number of benzene rings is 1. The fraction of sp³-hybridized carbons (Fsp3) is 0.364. The Morgan fingerprint density at radius 3 is 2.38 bits per heavy atom. The van der Waals surface area contributed by atoms with Crippen LogP contribution in [0.2, 0.25) is 0 Å². The zero-order valence-electron chi connectivity index (χ0n) is 8.71. The van der Waals surface area contributed by atoms with Gasteiger partial charge in [0.1, 0.15) is 0 Å². The summed E-state index contributed by atoms with van der Waals surface area (Å²) >= 11 is 0. The highest BCUT2D eigenvalue weighted by molar-refractivity contribution is 5.94. The van der Waals surface area contributed by atoms with E-state index in [2.05, 4.69) is 5.32 Å². The molecule has 5 heteroatoms. The molecule has 0 radical (unpaired) electrons. The van der Waals surface area contributed by atoms with Crippen molar-refractivity contribution in [3.05, 3.63) is 35.9 Å². The first-order chi connectivity index (χ1) is 7.38. The molecule has 0 heterocycles. The zero-order valence-corrected chi connectivity index (χ0v) is 8.71. The van der Waals surface area contributed by atoms with Crippen molar-refractivity contribution in [3.8, 4) is 0 Å². The van der Waals surface area contributed by atoms with Crippen molar-refractivity contribution in [2.45, 2.75) is 25.6 Å². The van der Waals surface area contributed by atoms with E-state index in [0.29, 0.717) is 5.56 Å². The molecule has 0 saturated carbocycles. The third-order valence-corrected chi connectivity index (χ3v) is 1.95. The van der Waals surface area contributed by atoms with Gasteiger partial charge in [-0.1, -0.05) is 18.2 Å². The Bertz CT molecular complexity index is 348.